The predicted molar refractivity (Wildman–Crippen MR) is 67.0 cm³/mol. The van der Waals surface area contributed by atoms with Crippen LogP contribution in [0, 0.1) is 0 Å². The molecule has 0 saturated heterocycles. The molecule has 5 heteroatoms. The van der Waals surface area contributed by atoms with E-state index in [-0.39, 0.29) is 5.92 Å². The van der Waals surface area contributed by atoms with Crippen molar-refractivity contribution in [1.29, 1.82) is 0 Å². The van der Waals surface area contributed by atoms with Crippen molar-refractivity contribution in [2.75, 3.05) is 0 Å². The summed E-state index contributed by atoms with van der Waals surface area (Å²) in [5.74, 6) is 0.951. The van der Waals surface area contributed by atoms with Gasteiger partial charge in [0.15, 0.2) is 5.82 Å². The van der Waals surface area contributed by atoms with Gasteiger partial charge in [-0.3, -0.25) is 0 Å². The molecular weight excluding hydrogens is 236 g/mol. The lowest BCUT2D eigenvalue weighted by molar-refractivity contribution is 0.623. The molecule has 17 heavy (non-hydrogen) atoms. The molecule has 0 radical (unpaired) electrons. The van der Waals surface area contributed by atoms with Crippen LogP contribution in [-0.4, -0.2) is 20.6 Å². The van der Waals surface area contributed by atoms with Gasteiger partial charge in [-0.05, 0) is 24.1 Å². The molecule has 0 spiro atoms. The molecular formula is C12H15ClN4. The van der Waals surface area contributed by atoms with Crippen molar-refractivity contribution < 1.29 is 0 Å². The Labute approximate surface area is 105 Å². The van der Waals surface area contributed by atoms with E-state index in [1.54, 1.807) is 0 Å². The highest BCUT2D eigenvalue weighted by Crippen LogP contribution is 2.27. The highest BCUT2D eigenvalue weighted by molar-refractivity contribution is 6.30. The zero-order valence-corrected chi connectivity index (χ0v) is 10.5. The molecule has 1 unspecified atom stereocenters. The largest absolute Gasteiger partial charge is 0.181 e. The van der Waals surface area contributed by atoms with E-state index in [0.29, 0.717) is 0 Å². The van der Waals surface area contributed by atoms with Gasteiger partial charge in [-0.1, -0.05) is 48.7 Å². The van der Waals surface area contributed by atoms with Crippen molar-refractivity contribution in [3.63, 3.8) is 0 Å². The molecule has 0 aliphatic rings. The quantitative estimate of drug-likeness (QED) is 0.887. The Hall–Kier alpha value is -1.42. The number of nitrogens with one attached hydrogen (secondary N) is 1. The second kappa shape index (κ2) is 5.77. The minimum Gasteiger partial charge on any atom is -0.177 e. The molecule has 1 aromatic heterocycles. The van der Waals surface area contributed by atoms with Gasteiger partial charge in [0.1, 0.15) is 0 Å². The number of halogens is 1. The second-order valence-electron chi connectivity index (χ2n) is 4.02. The van der Waals surface area contributed by atoms with E-state index in [9.17, 15) is 0 Å². The van der Waals surface area contributed by atoms with Crippen LogP contribution in [0.25, 0.3) is 0 Å². The van der Waals surface area contributed by atoms with Crippen LogP contribution in [0.3, 0.4) is 0 Å². The summed E-state index contributed by atoms with van der Waals surface area (Å²) in [6.07, 6.45) is 3.32. The molecule has 1 heterocycles. The lowest BCUT2D eigenvalue weighted by atomic mass is 9.93. The number of H-pyrrole nitrogens is 1. The highest BCUT2D eigenvalue weighted by Gasteiger charge is 2.17. The van der Waals surface area contributed by atoms with E-state index in [2.05, 4.69) is 27.5 Å². The molecule has 90 valence electrons. The first-order valence-electron chi connectivity index (χ1n) is 5.80. The van der Waals surface area contributed by atoms with E-state index in [0.717, 1.165) is 30.1 Å². The molecule has 4 nitrogen and oxygen atoms in total. The van der Waals surface area contributed by atoms with Crippen LogP contribution >= 0.6 is 11.6 Å². The first-order chi connectivity index (χ1) is 8.31. The zero-order valence-electron chi connectivity index (χ0n) is 9.73. The van der Waals surface area contributed by atoms with Crippen molar-refractivity contribution in [3.8, 4) is 0 Å². The molecule has 0 aliphatic heterocycles. The predicted octanol–water partition coefficient (Wildman–Crippen LogP) is 3.18. The topological polar surface area (TPSA) is 54.5 Å². The Morgan fingerprint density at radius 2 is 2.06 bits per heavy atom. The van der Waals surface area contributed by atoms with Crippen LogP contribution in [0.2, 0.25) is 5.02 Å². The molecule has 1 atom stereocenters. The number of unbranched alkanes of at least 4 members (excludes halogenated alkanes) is 1. The zero-order chi connectivity index (χ0) is 12.1. The fourth-order valence-electron chi connectivity index (χ4n) is 1.87. The average Bonchev–Trinajstić information content (AvgIpc) is 2.85. The maximum atomic E-state index is 5.90. The van der Waals surface area contributed by atoms with Gasteiger partial charge in [-0.15, -0.1) is 10.2 Å². The third-order valence-electron chi connectivity index (χ3n) is 2.79. The summed E-state index contributed by atoms with van der Waals surface area (Å²) in [4.78, 5) is 0. The van der Waals surface area contributed by atoms with Gasteiger partial charge < -0.3 is 0 Å². The number of benzene rings is 1. The third kappa shape index (κ3) is 3.03. The fourth-order valence-corrected chi connectivity index (χ4v) is 1.99. The third-order valence-corrected chi connectivity index (χ3v) is 3.04. The molecule has 0 amide bonds. The summed E-state index contributed by atoms with van der Waals surface area (Å²) >= 11 is 5.90. The standard InChI is InChI=1S/C12H15ClN4/c1-2-3-4-11(12-14-16-17-15-12)9-5-7-10(13)8-6-9/h5-8,11H,2-4H2,1H3,(H,14,15,16,17). The maximum absolute atomic E-state index is 5.90. The van der Waals surface area contributed by atoms with E-state index in [1.165, 1.54) is 5.56 Å². The van der Waals surface area contributed by atoms with Crippen molar-refractivity contribution in [2.45, 2.75) is 32.1 Å². The number of hydrogen-bond donors (Lipinski definition) is 1. The molecule has 0 fully saturated rings. The van der Waals surface area contributed by atoms with Gasteiger partial charge in [0.25, 0.3) is 0 Å². The summed E-state index contributed by atoms with van der Waals surface area (Å²) in [6, 6.07) is 7.85. The second-order valence-corrected chi connectivity index (χ2v) is 4.45. The Kier molecular flexibility index (Phi) is 4.09. The first-order valence-corrected chi connectivity index (χ1v) is 6.18. The minimum absolute atomic E-state index is 0.200. The average molecular weight is 251 g/mol. The molecule has 0 aliphatic carbocycles. The highest BCUT2D eigenvalue weighted by atomic mass is 35.5. The van der Waals surface area contributed by atoms with Crippen LogP contribution in [0.15, 0.2) is 24.3 Å². The van der Waals surface area contributed by atoms with Crippen LogP contribution in [-0.2, 0) is 0 Å². The van der Waals surface area contributed by atoms with E-state index in [4.69, 9.17) is 11.6 Å². The normalized spacial score (nSPS) is 12.6. The van der Waals surface area contributed by atoms with Gasteiger partial charge >= 0.3 is 0 Å². The Morgan fingerprint density at radius 3 is 2.65 bits per heavy atom. The Morgan fingerprint density at radius 1 is 1.29 bits per heavy atom. The van der Waals surface area contributed by atoms with Gasteiger partial charge in [0, 0.05) is 10.9 Å². The Bertz CT molecular complexity index is 438. The van der Waals surface area contributed by atoms with Crippen molar-refractivity contribution in [2.24, 2.45) is 0 Å². The van der Waals surface area contributed by atoms with Gasteiger partial charge in [0.05, 0.1) is 0 Å². The van der Waals surface area contributed by atoms with Crippen molar-refractivity contribution in [1.82, 2.24) is 20.6 Å². The smallest absolute Gasteiger partial charge is 0.177 e. The lowest BCUT2D eigenvalue weighted by Gasteiger charge is -2.13. The van der Waals surface area contributed by atoms with Crippen LogP contribution in [0.5, 0.6) is 0 Å². The first kappa shape index (κ1) is 12.0. The van der Waals surface area contributed by atoms with Crippen LogP contribution in [0.4, 0.5) is 0 Å². The van der Waals surface area contributed by atoms with Crippen molar-refractivity contribution >= 4 is 11.6 Å². The summed E-state index contributed by atoms with van der Waals surface area (Å²) in [6.45, 7) is 2.18. The number of rotatable bonds is 5. The minimum atomic E-state index is 0.200. The summed E-state index contributed by atoms with van der Waals surface area (Å²) < 4.78 is 0. The SMILES string of the molecule is CCCCC(c1ccc(Cl)cc1)c1nn[nH]n1. The van der Waals surface area contributed by atoms with Gasteiger partial charge in [-0.25, -0.2) is 0 Å². The van der Waals surface area contributed by atoms with Crippen molar-refractivity contribution in [3.05, 3.63) is 40.7 Å². The van der Waals surface area contributed by atoms with Crippen LogP contribution in [0.1, 0.15) is 43.5 Å². The monoisotopic (exact) mass is 250 g/mol. The molecule has 0 bridgehead atoms. The molecule has 2 rings (SSSR count). The number of aromatic nitrogens is 4. The number of tetrazole rings is 1. The van der Waals surface area contributed by atoms with Crippen LogP contribution < -0.4 is 0 Å². The summed E-state index contributed by atoms with van der Waals surface area (Å²) in [5.41, 5.74) is 1.18. The number of hydrogen-bond acceptors (Lipinski definition) is 3. The number of nitrogens with zero attached hydrogens (tertiary/aromatic N) is 3. The van der Waals surface area contributed by atoms with Gasteiger partial charge in [-0.2, -0.15) is 5.21 Å². The summed E-state index contributed by atoms with van der Waals surface area (Å²) in [7, 11) is 0. The molecule has 1 N–H and O–H groups in total. The van der Waals surface area contributed by atoms with Gasteiger partial charge in [0.2, 0.25) is 0 Å². The fraction of sp³-hybridized carbons (Fsp3) is 0.417. The molecule has 0 saturated carbocycles. The van der Waals surface area contributed by atoms with E-state index < -0.39 is 0 Å². The maximum Gasteiger partial charge on any atom is 0.181 e. The number of aromatic amines is 1. The molecule has 2 aromatic rings. The molecule has 1 aromatic carbocycles. The lowest BCUT2D eigenvalue weighted by Crippen LogP contribution is -2.03. The van der Waals surface area contributed by atoms with E-state index in [1.807, 2.05) is 24.3 Å². The Balaban J connectivity index is 2.23. The van der Waals surface area contributed by atoms with E-state index >= 15 is 0 Å². The summed E-state index contributed by atoms with van der Waals surface area (Å²) in [5, 5.41) is 15.1.